The number of carboxylic acids is 1. The molecule has 0 aliphatic rings. The molecule has 0 atom stereocenters. The molecule has 2 aromatic rings. The van der Waals surface area contributed by atoms with Crippen molar-refractivity contribution in [2.75, 3.05) is 0 Å². The summed E-state index contributed by atoms with van der Waals surface area (Å²) in [7, 11) is 0. The van der Waals surface area contributed by atoms with Crippen molar-refractivity contribution < 1.29 is 14.8 Å². The van der Waals surface area contributed by atoms with Crippen LogP contribution in [-0.2, 0) is 0 Å². The number of rotatable bonds is 4. The van der Waals surface area contributed by atoms with E-state index in [1.807, 2.05) is 0 Å². The lowest BCUT2D eigenvalue weighted by Crippen LogP contribution is -1.99. The van der Waals surface area contributed by atoms with Gasteiger partial charge in [0.15, 0.2) is 0 Å². The molecule has 0 radical (unpaired) electrons. The molecular weight excluding hydrogens is 302 g/mol. The average Bonchev–Trinajstić information content (AvgIpc) is 2.41. The number of carbonyl (C=O) groups is 1. The fraction of sp³-hybridized carbons (Fsp3) is 0. The number of hydrogen-bond acceptors (Lipinski definition) is 4. The Kier molecular flexibility index (Phi) is 4.26. The van der Waals surface area contributed by atoms with Crippen molar-refractivity contribution in [3.05, 3.63) is 63.2 Å². The van der Waals surface area contributed by atoms with E-state index in [0.717, 1.165) is 17.8 Å². The Balaban J connectivity index is 2.44. The van der Waals surface area contributed by atoms with Gasteiger partial charge in [0, 0.05) is 11.0 Å². The summed E-state index contributed by atoms with van der Waals surface area (Å²) in [6.07, 6.45) is 0. The van der Waals surface area contributed by atoms with E-state index in [1.165, 1.54) is 12.1 Å². The van der Waals surface area contributed by atoms with Crippen molar-refractivity contribution in [1.82, 2.24) is 0 Å². The summed E-state index contributed by atoms with van der Waals surface area (Å²) in [6, 6.07) is 10.7. The van der Waals surface area contributed by atoms with Gasteiger partial charge in [0.25, 0.3) is 5.69 Å². The molecule has 2 rings (SSSR count). The molecule has 0 saturated carbocycles. The van der Waals surface area contributed by atoms with Gasteiger partial charge in [-0.1, -0.05) is 35.5 Å². The summed E-state index contributed by atoms with van der Waals surface area (Å²) >= 11 is 7.13. The standard InChI is InChI=1S/C13H8ClNO4S/c14-9-3-1-2-4-11(9)20-12-6-5-8(13(16)17)7-10(12)15(18)19/h1-7H,(H,16,17). The molecule has 0 saturated heterocycles. The van der Waals surface area contributed by atoms with E-state index in [9.17, 15) is 14.9 Å². The fourth-order valence-corrected chi connectivity index (χ4v) is 2.70. The summed E-state index contributed by atoms with van der Waals surface area (Å²) in [6.45, 7) is 0. The molecule has 0 amide bonds. The van der Waals surface area contributed by atoms with Crippen LogP contribution in [0.25, 0.3) is 0 Å². The summed E-state index contributed by atoms with van der Waals surface area (Å²) in [5.74, 6) is -1.21. The molecule has 5 nitrogen and oxygen atoms in total. The minimum atomic E-state index is -1.21. The maximum Gasteiger partial charge on any atom is 0.335 e. The third-order valence-corrected chi connectivity index (χ3v) is 4.04. The van der Waals surface area contributed by atoms with E-state index >= 15 is 0 Å². The Morgan fingerprint density at radius 3 is 2.50 bits per heavy atom. The SMILES string of the molecule is O=C(O)c1ccc(Sc2ccccc2Cl)c([N+](=O)[O-])c1. The normalized spacial score (nSPS) is 10.2. The minimum Gasteiger partial charge on any atom is -0.478 e. The first-order valence-electron chi connectivity index (χ1n) is 5.43. The molecule has 0 aliphatic carbocycles. The van der Waals surface area contributed by atoms with E-state index in [4.69, 9.17) is 16.7 Å². The van der Waals surface area contributed by atoms with Crippen molar-refractivity contribution in [2.45, 2.75) is 9.79 Å². The van der Waals surface area contributed by atoms with Gasteiger partial charge in [0.05, 0.1) is 20.4 Å². The smallest absolute Gasteiger partial charge is 0.335 e. The molecule has 0 spiro atoms. The van der Waals surface area contributed by atoms with Crippen LogP contribution in [0.15, 0.2) is 52.3 Å². The highest BCUT2D eigenvalue weighted by Gasteiger charge is 2.18. The first-order chi connectivity index (χ1) is 9.49. The molecule has 0 fully saturated rings. The quantitative estimate of drug-likeness (QED) is 0.679. The molecule has 0 bridgehead atoms. The van der Waals surface area contributed by atoms with Crippen LogP contribution in [0, 0.1) is 10.1 Å². The van der Waals surface area contributed by atoms with Crippen LogP contribution >= 0.6 is 23.4 Å². The summed E-state index contributed by atoms with van der Waals surface area (Å²) in [4.78, 5) is 22.3. The summed E-state index contributed by atoms with van der Waals surface area (Å²) in [5.41, 5.74) is -0.380. The zero-order chi connectivity index (χ0) is 14.7. The van der Waals surface area contributed by atoms with Gasteiger partial charge >= 0.3 is 5.97 Å². The number of nitro benzene ring substituents is 1. The summed E-state index contributed by atoms with van der Waals surface area (Å²) < 4.78 is 0. The second-order valence-corrected chi connectivity index (χ2v) is 5.27. The lowest BCUT2D eigenvalue weighted by atomic mass is 10.2. The Bertz CT molecular complexity index is 690. The van der Waals surface area contributed by atoms with E-state index in [2.05, 4.69) is 0 Å². The van der Waals surface area contributed by atoms with E-state index in [0.29, 0.717) is 14.8 Å². The largest absolute Gasteiger partial charge is 0.478 e. The molecular formula is C13H8ClNO4S. The van der Waals surface area contributed by atoms with Crippen LogP contribution in [-0.4, -0.2) is 16.0 Å². The number of halogens is 1. The minimum absolute atomic E-state index is 0.125. The van der Waals surface area contributed by atoms with Crippen LogP contribution in [0.5, 0.6) is 0 Å². The van der Waals surface area contributed by atoms with Crippen molar-refractivity contribution in [3.8, 4) is 0 Å². The molecule has 20 heavy (non-hydrogen) atoms. The van der Waals surface area contributed by atoms with Gasteiger partial charge in [-0.2, -0.15) is 0 Å². The Labute approximate surface area is 123 Å². The summed E-state index contributed by atoms with van der Waals surface area (Å²) in [5, 5.41) is 20.4. The lowest BCUT2D eigenvalue weighted by Gasteiger charge is -2.05. The van der Waals surface area contributed by atoms with Gasteiger partial charge in [0.2, 0.25) is 0 Å². The van der Waals surface area contributed by atoms with E-state index < -0.39 is 10.9 Å². The fourth-order valence-electron chi connectivity index (χ4n) is 1.53. The average molecular weight is 310 g/mol. The highest BCUT2D eigenvalue weighted by atomic mass is 35.5. The van der Waals surface area contributed by atoms with Gasteiger partial charge in [-0.3, -0.25) is 10.1 Å². The van der Waals surface area contributed by atoms with Crippen molar-refractivity contribution in [2.24, 2.45) is 0 Å². The molecule has 0 unspecified atom stereocenters. The molecule has 0 aromatic heterocycles. The molecule has 102 valence electrons. The number of carboxylic acid groups (broad SMARTS) is 1. The number of benzene rings is 2. The zero-order valence-electron chi connectivity index (χ0n) is 9.95. The van der Waals surface area contributed by atoms with Crippen LogP contribution < -0.4 is 0 Å². The predicted molar refractivity (Wildman–Crippen MR) is 75.6 cm³/mol. The first kappa shape index (κ1) is 14.4. The maximum absolute atomic E-state index is 11.0. The Morgan fingerprint density at radius 2 is 1.90 bits per heavy atom. The monoisotopic (exact) mass is 309 g/mol. The number of hydrogen-bond donors (Lipinski definition) is 1. The predicted octanol–water partition coefficient (Wildman–Crippen LogP) is 4.10. The highest BCUT2D eigenvalue weighted by Crippen LogP contribution is 2.38. The molecule has 0 heterocycles. The van der Waals surface area contributed by atoms with Gasteiger partial charge in [-0.15, -0.1) is 0 Å². The van der Waals surface area contributed by atoms with Crippen LogP contribution in [0.3, 0.4) is 0 Å². The van der Waals surface area contributed by atoms with Crippen molar-refractivity contribution >= 4 is 35.0 Å². The lowest BCUT2D eigenvalue weighted by molar-refractivity contribution is -0.387. The van der Waals surface area contributed by atoms with Crippen LogP contribution in [0.2, 0.25) is 5.02 Å². The zero-order valence-corrected chi connectivity index (χ0v) is 11.5. The third kappa shape index (κ3) is 3.09. The van der Waals surface area contributed by atoms with E-state index in [-0.39, 0.29) is 11.3 Å². The molecule has 7 heteroatoms. The molecule has 0 aliphatic heterocycles. The topological polar surface area (TPSA) is 80.4 Å². The van der Waals surface area contributed by atoms with Gasteiger partial charge in [0.1, 0.15) is 0 Å². The van der Waals surface area contributed by atoms with Crippen molar-refractivity contribution in [3.63, 3.8) is 0 Å². The van der Waals surface area contributed by atoms with Crippen molar-refractivity contribution in [1.29, 1.82) is 0 Å². The second-order valence-electron chi connectivity index (χ2n) is 3.78. The van der Waals surface area contributed by atoms with Gasteiger partial charge in [-0.05, 0) is 24.3 Å². The second kappa shape index (κ2) is 5.94. The van der Waals surface area contributed by atoms with Gasteiger partial charge < -0.3 is 5.11 Å². The van der Waals surface area contributed by atoms with Gasteiger partial charge in [-0.25, -0.2) is 4.79 Å². The number of nitrogens with zero attached hydrogens (tertiary/aromatic N) is 1. The van der Waals surface area contributed by atoms with Crippen LogP contribution in [0.1, 0.15) is 10.4 Å². The third-order valence-electron chi connectivity index (χ3n) is 2.46. The first-order valence-corrected chi connectivity index (χ1v) is 6.62. The van der Waals surface area contributed by atoms with E-state index in [1.54, 1.807) is 24.3 Å². The highest BCUT2D eigenvalue weighted by molar-refractivity contribution is 7.99. The maximum atomic E-state index is 11.0. The van der Waals surface area contributed by atoms with Crippen LogP contribution in [0.4, 0.5) is 5.69 Å². The molecule has 2 aromatic carbocycles. The Hall–Kier alpha value is -2.05. The number of nitro groups is 1. The Morgan fingerprint density at radius 1 is 1.20 bits per heavy atom. The number of aromatic carboxylic acids is 1. The molecule has 1 N–H and O–H groups in total.